The summed E-state index contributed by atoms with van der Waals surface area (Å²) in [5.74, 6) is -0.188. The number of thiophene rings is 1. The quantitative estimate of drug-likeness (QED) is 0.810. The molecular weight excluding hydrogens is 322 g/mol. The van der Waals surface area contributed by atoms with Gasteiger partial charge in [-0.3, -0.25) is 9.69 Å². The fourth-order valence-electron chi connectivity index (χ4n) is 2.31. The fraction of sp³-hybridized carbons (Fsp3) is 0.333. The second-order valence-corrected chi connectivity index (χ2v) is 6.49. The monoisotopic (exact) mass is 343 g/mol. The SMILES string of the molecule is CCN(CC(=O)Nc1sccc1C#N)CC(O)c1ccc(C)cc1. The smallest absolute Gasteiger partial charge is 0.239 e. The van der Waals surface area contributed by atoms with Crippen molar-refractivity contribution in [2.75, 3.05) is 25.0 Å². The summed E-state index contributed by atoms with van der Waals surface area (Å²) in [7, 11) is 0. The first-order valence-electron chi connectivity index (χ1n) is 7.78. The number of nitrogens with zero attached hydrogens (tertiary/aromatic N) is 2. The first kappa shape index (κ1) is 18.1. The van der Waals surface area contributed by atoms with Crippen LogP contribution in [0, 0.1) is 18.3 Å². The van der Waals surface area contributed by atoms with Crippen LogP contribution in [-0.2, 0) is 4.79 Å². The van der Waals surface area contributed by atoms with Gasteiger partial charge in [0.2, 0.25) is 5.91 Å². The summed E-state index contributed by atoms with van der Waals surface area (Å²) in [6, 6.07) is 11.5. The van der Waals surface area contributed by atoms with Crippen LogP contribution >= 0.6 is 11.3 Å². The van der Waals surface area contributed by atoms with Crippen molar-refractivity contribution in [1.29, 1.82) is 5.26 Å². The van der Waals surface area contributed by atoms with Crippen LogP contribution in [-0.4, -0.2) is 35.5 Å². The first-order chi connectivity index (χ1) is 11.5. The van der Waals surface area contributed by atoms with Crippen LogP contribution < -0.4 is 5.32 Å². The zero-order valence-corrected chi connectivity index (χ0v) is 14.6. The summed E-state index contributed by atoms with van der Waals surface area (Å²) in [5.41, 5.74) is 2.45. The van der Waals surface area contributed by atoms with E-state index < -0.39 is 6.10 Å². The van der Waals surface area contributed by atoms with E-state index in [2.05, 4.69) is 5.32 Å². The maximum absolute atomic E-state index is 12.2. The van der Waals surface area contributed by atoms with Crippen LogP contribution in [0.3, 0.4) is 0 Å². The third kappa shape index (κ3) is 4.90. The molecule has 2 rings (SSSR count). The normalized spacial score (nSPS) is 12.0. The third-order valence-corrected chi connectivity index (χ3v) is 4.58. The Morgan fingerprint density at radius 2 is 2.08 bits per heavy atom. The molecule has 1 aromatic carbocycles. The van der Waals surface area contributed by atoms with Crippen molar-refractivity contribution in [2.24, 2.45) is 0 Å². The summed E-state index contributed by atoms with van der Waals surface area (Å²) in [4.78, 5) is 14.0. The van der Waals surface area contributed by atoms with Crippen molar-refractivity contribution >= 4 is 22.2 Å². The van der Waals surface area contributed by atoms with Crippen molar-refractivity contribution in [3.8, 4) is 6.07 Å². The summed E-state index contributed by atoms with van der Waals surface area (Å²) >= 11 is 1.33. The lowest BCUT2D eigenvalue weighted by molar-refractivity contribution is -0.117. The summed E-state index contributed by atoms with van der Waals surface area (Å²) in [6.07, 6.45) is -0.644. The van der Waals surface area contributed by atoms with Gasteiger partial charge in [0.25, 0.3) is 0 Å². The molecule has 6 heteroatoms. The maximum Gasteiger partial charge on any atom is 0.239 e. The maximum atomic E-state index is 12.2. The fourth-order valence-corrected chi connectivity index (χ4v) is 3.06. The van der Waals surface area contributed by atoms with Gasteiger partial charge in [0.05, 0.1) is 18.2 Å². The number of amides is 1. The number of anilines is 1. The van der Waals surface area contributed by atoms with E-state index in [1.807, 2.05) is 49.1 Å². The number of likely N-dealkylation sites (N-methyl/N-ethyl adjacent to an activating group) is 1. The minimum Gasteiger partial charge on any atom is -0.387 e. The highest BCUT2D eigenvalue weighted by atomic mass is 32.1. The molecule has 1 atom stereocenters. The van der Waals surface area contributed by atoms with Crippen molar-refractivity contribution < 1.29 is 9.90 Å². The van der Waals surface area contributed by atoms with Crippen molar-refractivity contribution in [3.63, 3.8) is 0 Å². The Morgan fingerprint density at radius 3 is 2.71 bits per heavy atom. The van der Waals surface area contributed by atoms with Gasteiger partial charge in [-0.1, -0.05) is 36.8 Å². The van der Waals surface area contributed by atoms with Crippen LogP contribution in [0.25, 0.3) is 0 Å². The Bertz CT molecular complexity index is 719. The van der Waals surface area contributed by atoms with Gasteiger partial charge in [-0.15, -0.1) is 11.3 Å². The van der Waals surface area contributed by atoms with Crippen LogP contribution in [0.4, 0.5) is 5.00 Å². The standard InChI is InChI=1S/C18H21N3O2S/c1-3-21(11-16(22)14-6-4-13(2)5-7-14)12-17(23)20-18-15(10-19)8-9-24-18/h4-9,16,22H,3,11-12H2,1-2H3,(H,20,23). The summed E-state index contributed by atoms with van der Waals surface area (Å²) < 4.78 is 0. The molecule has 0 aliphatic heterocycles. The molecule has 2 N–H and O–H groups in total. The highest BCUT2D eigenvalue weighted by Gasteiger charge is 2.16. The van der Waals surface area contributed by atoms with Crippen LogP contribution in [0.2, 0.25) is 0 Å². The topological polar surface area (TPSA) is 76.4 Å². The molecular formula is C18H21N3O2S. The van der Waals surface area contributed by atoms with E-state index in [4.69, 9.17) is 5.26 Å². The number of carbonyl (C=O) groups excluding carboxylic acids is 1. The molecule has 0 bridgehead atoms. The number of aliphatic hydroxyl groups is 1. The molecule has 5 nitrogen and oxygen atoms in total. The van der Waals surface area contributed by atoms with Gasteiger partial charge in [0.15, 0.2) is 0 Å². The minimum absolute atomic E-state index is 0.169. The van der Waals surface area contributed by atoms with E-state index in [0.29, 0.717) is 23.7 Å². The number of carbonyl (C=O) groups is 1. The van der Waals surface area contributed by atoms with Gasteiger partial charge in [-0.2, -0.15) is 5.26 Å². The van der Waals surface area contributed by atoms with E-state index in [9.17, 15) is 9.90 Å². The van der Waals surface area contributed by atoms with Gasteiger partial charge in [0.1, 0.15) is 11.1 Å². The van der Waals surface area contributed by atoms with Gasteiger partial charge in [0, 0.05) is 6.54 Å². The molecule has 0 aliphatic carbocycles. The largest absolute Gasteiger partial charge is 0.387 e. The average molecular weight is 343 g/mol. The summed E-state index contributed by atoms with van der Waals surface area (Å²) in [5, 5.41) is 24.4. The van der Waals surface area contributed by atoms with Crippen LogP contribution in [0.15, 0.2) is 35.7 Å². The molecule has 0 spiro atoms. The first-order valence-corrected chi connectivity index (χ1v) is 8.66. The molecule has 1 aromatic heterocycles. The molecule has 0 fully saturated rings. The second-order valence-electron chi connectivity index (χ2n) is 5.58. The zero-order chi connectivity index (χ0) is 17.5. The lowest BCUT2D eigenvalue weighted by atomic mass is 10.1. The molecule has 1 heterocycles. The van der Waals surface area contributed by atoms with Gasteiger partial charge in [-0.25, -0.2) is 0 Å². The Kier molecular flexibility index (Phi) is 6.50. The molecule has 126 valence electrons. The predicted molar refractivity (Wildman–Crippen MR) is 95.9 cm³/mol. The molecule has 2 aromatic rings. The number of rotatable bonds is 7. The van der Waals surface area contributed by atoms with Crippen LogP contribution in [0.1, 0.15) is 29.7 Å². The Hall–Kier alpha value is -2.20. The van der Waals surface area contributed by atoms with Crippen molar-refractivity contribution in [3.05, 3.63) is 52.4 Å². The predicted octanol–water partition coefficient (Wildman–Crippen LogP) is 2.92. The van der Waals surface area contributed by atoms with Gasteiger partial charge < -0.3 is 10.4 Å². The Labute approximate surface area is 146 Å². The highest BCUT2D eigenvalue weighted by Crippen LogP contribution is 2.22. The second kappa shape index (κ2) is 8.60. The number of benzene rings is 1. The lowest BCUT2D eigenvalue weighted by Crippen LogP contribution is -2.36. The van der Waals surface area contributed by atoms with E-state index in [0.717, 1.165) is 11.1 Å². The number of nitriles is 1. The average Bonchev–Trinajstić information content (AvgIpc) is 3.01. The molecule has 0 aliphatic rings. The molecule has 0 saturated carbocycles. The van der Waals surface area contributed by atoms with Crippen molar-refractivity contribution in [1.82, 2.24) is 4.90 Å². The number of hydrogen-bond acceptors (Lipinski definition) is 5. The Morgan fingerprint density at radius 1 is 1.38 bits per heavy atom. The summed E-state index contributed by atoms with van der Waals surface area (Å²) in [6.45, 7) is 5.14. The minimum atomic E-state index is -0.644. The Balaban J connectivity index is 1.92. The van der Waals surface area contributed by atoms with Crippen LogP contribution in [0.5, 0.6) is 0 Å². The molecule has 24 heavy (non-hydrogen) atoms. The molecule has 1 amide bonds. The van der Waals surface area contributed by atoms with E-state index in [-0.39, 0.29) is 12.5 Å². The van der Waals surface area contributed by atoms with E-state index in [1.54, 1.807) is 11.4 Å². The molecule has 1 unspecified atom stereocenters. The molecule has 0 saturated heterocycles. The number of nitrogens with one attached hydrogen (secondary N) is 1. The van der Waals surface area contributed by atoms with Gasteiger partial charge >= 0.3 is 0 Å². The lowest BCUT2D eigenvalue weighted by Gasteiger charge is -2.23. The third-order valence-electron chi connectivity index (χ3n) is 3.75. The number of aryl methyl sites for hydroxylation is 1. The highest BCUT2D eigenvalue weighted by molar-refractivity contribution is 7.14. The van der Waals surface area contributed by atoms with Crippen molar-refractivity contribution in [2.45, 2.75) is 20.0 Å². The van der Waals surface area contributed by atoms with E-state index in [1.165, 1.54) is 11.3 Å². The molecule has 0 radical (unpaired) electrons. The number of aliphatic hydroxyl groups excluding tert-OH is 1. The number of hydrogen-bond donors (Lipinski definition) is 2. The van der Waals surface area contributed by atoms with Gasteiger partial charge in [-0.05, 0) is 30.5 Å². The van der Waals surface area contributed by atoms with E-state index >= 15 is 0 Å². The zero-order valence-electron chi connectivity index (χ0n) is 13.8.